The Morgan fingerprint density at radius 2 is 1.79 bits per heavy atom. The predicted molar refractivity (Wildman–Crippen MR) is 81.3 cm³/mol. The van der Waals surface area contributed by atoms with E-state index < -0.39 is 9.84 Å². The van der Waals surface area contributed by atoms with Gasteiger partial charge in [0.05, 0.1) is 5.75 Å². The van der Waals surface area contributed by atoms with Gasteiger partial charge in [-0.3, -0.25) is 0 Å². The predicted octanol–water partition coefficient (Wildman–Crippen LogP) is 2.38. The van der Waals surface area contributed by atoms with Crippen molar-refractivity contribution >= 4 is 9.84 Å². The largest absolute Gasteiger partial charge is 0.313 e. The molecule has 1 rings (SSSR count). The number of benzene rings is 1. The lowest BCUT2D eigenvalue weighted by atomic mass is 9.79. The fraction of sp³-hybridized carbons (Fsp3) is 0.600. The van der Waals surface area contributed by atoms with Crippen LogP contribution in [0.4, 0.5) is 0 Å². The summed E-state index contributed by atoms with van der Waals surface area (Å²) in [4.78, 5) is 0. The molecule has 0 saturated carbocycles. The average Bonchev–Trinajstić information content (AvgIpc) is 2.27. The van der Waals surface area contributed by atoms with Crippen molar-refractivity contribution < 1.29 is 8.42 Å². The first-order chi connectivity index (χ1) is 8.71. The maximum absolute atomic E-state index is 11.1. The highest BCUT2D eigenvalue weighted by Crippen LogP contribution is 2.27. The SMILES string of the molecule is CC(CC(C)(C)c1ccccc1)NCCS(C)(=O)=O. The highest BCUT2D eigenvalue weighted by Gasteiger charge is 2.22. The molecule has 1 N–H and O–H groups in total. The molecule has 0 saturated heterocycles. The van der Waals surface area contributed by atoms with Crippen molar-refractivity contribution in [3.63, 3.8) is 0 Å². The van der Waals surface area contributed by atoms with Crippen LogP contribution in [0, 0.1) is 0 Å². The van der Waals surface area contributed by atoms with E-state index in [1.807, 2.05) is 6.07 Å². The molecule has 0 aliphatic carbocycles. The van der Waals surface area contributed by atoms with Gasteiger partial charge in [-0.15, -0.1) is 0 Å². The first-order valence-electron chi connectivity index (χ1n) is 6.67. The first kappa shape index (κ1) is 16.2. The summed E-state index contributed by atoms with van der Waals surface area (Å²) >= 11 is 0. The zero-order valence-electron chi connectivity index (χ0n) is 12.3. The van der Waals surface area contributed by atoms with Gasteiger partial charge in [0.15, 0.2) is 0 Å². The molecule has 1 unspecified atom stereocenters. The molecule has 108 valence electrons. The van der Waals surface area contributed by atoms with E-state index in [-0.39, 0.29) is 17.2 Å². The number of sulfone groups is 1. The van der Waals surface area contributed by atoms with E-state index in [9.17, 15) is 8.42 Å². The Bertz CT molecular complexity index is 480. The molecule has 0 spiro atoms. The molecule has 1 aromatic rings. The third-order valence-corrected chi connectivity index (χ3v) is 4.28. The zero-order valence-corrected chi connectivity index (χ0v) is 13.1. The smallest absolute Gasteiger partial charge is 0.148 e. The molecule has 1 aromatic carbocycles. The minimum absolute atomic E-state index is 0.0821. The molecule has 0 bridgehead atoms. The van der Waals surface area contributed by atoms with Gasteiger partial charge in [-0.05, 0) is 24.3 Å². The molecule has 3 nitrogen and oxygen atoms in total. The van der Waals surface area contributed by atoms with Crippen molar-refractivity contribution in [3.8, 4) is 0 Å². The minimum atomic E-state index is -2.88. The molecule has 0 fully saturated rings. The molecule has 0 aromatic heterocycles. The fourth-order valence-electron chi connectivity index (χ4n) is 2.34. The van der Waals surface area contributed by atoms with Gasteiger partial charge < -0.3 is 5.32 Å². The molecular weight excluding hydrogens is 258 g/mol. The summed E-state index contributed by atoms with van der Waals surface area (Å²) in [7, 11) is -2.88. The topological polar surface area (TPSA) is 46.2 Å². The third kappa shape index (κ3) is 6.21. The second kappa shape index (κ2) is 6.53. The van der Waals surface area contributed by atoms with Gasteiger partial charge in [0, 0.05) is 18.8 Å². The fourth-order valence-corrected chi connectivity index (χ4v) is 2.82. The summed E-state index contributed by atoms with van der Waals surface area (Å²) in [6, 6.07) is 10.7. The minimum Gasteiger partial charge on any atom is -0.313 e. The molecular formula is C15H25NO2S. The van der Waals surface area contributed by atoms with E-state index in [4.69, 9.17) is 0 Å². The molecule has 0 heterocycles. The molecule has 1 atom stereocenters. The highest BCUT2D eigenvalue weighted by molar-refractivity contribution is 7.90. The van der Waals surface area contributed by atoms with Gasteiger partial charge in [-0.2, -0.15) is 0 Å². The van der Waals surface area contributed by atoms with Crippen LogP contribution in [-0.4, -0.2) is 33.0 Å². The summed E-state index contributed by atoms with van der Waals surface area (Å²) in [5.74, 6) is 0.198. The zero-order chi connectivity index (χ0) is 14.5. The maximum atomic E-state index is 11.1. The Morgan fingerprint density at radius 3 is 2.32 bits per heavy atom. The highest BCUT2D eigenvalue weighted by atomic mass is 32.2. The average molecular weight is 283 g/mol. The molecule has 0 radical (unpaired) electrons. The molecule has 0 aliphatic heterocycles. The van der Waals surface area contributed by atoms with Crippen LogP contribution in [0.5, 0.6) is 0 Å². The summed E-state index contributed by atoms with van der Waals surface area (Å²) < 4.78 is 22.2. The third-order valence-electron chi connectivity index (χ3n) is 3.34. The number of rotatable bonds is 7. The van der Waals surface area contributed by atoms with E-state index in [1.54, 1.807) is 0 Å². The second-order valence-corrected chi connectivity index (χ2v) is 8.20. The van der Waals surface area contributed by atoms with Crippen molar-refractivity contribution in [2.75, 3.05) is 18.6 Å². The Balaban J connectivity index is 2.49. The van der Waals surface area contributed by atoms with E-state index in [1.165, 1.54) is 11.8 Å². The van der Waals surface area contributed by atoms with Crippen molar-refractivity contribution in [2.24, 2.45) is 0 Å². The van der Waals surface area contributed by atoms with Crippen molar-refractivity contribution in [3.05, 3.63) is 35.9 Å². The van der Waals surface area contributed by atoms with Crippen molar-refractivity contribution in [1.82, 2.24) is 5.32 Å². The lowest BCUT2D eigenvalue weighted by Crippen LogP contribution is -2.35. The Morgan fingerprint density at radius 1 is 1.21 bits per heavy atom. The number of hydrogen-bond acceptors (Lipinski definition) is 3. The van der Waals surface area contributed by atoms with Crippen LogP contribution < -0.4 is 5.32 Å². The van der Waals surface area contributed by atoms with Gasteiger partial charge in [0.25, 0.3) is 0 Å². The van der Waals surface area contributed by atoms with E-state index in [0.717, 1.165) is 6.42 Å². The Labute approximate surface area is 117 Å². The normalized spacial score (nSPS) is 14.3. The lowest BCUT2D eigenvalue weighted by Gasteiger charge is -2.29. The summed E-state index contributed by atoms with van der Waals surface area (Å²) in [5, 5.41) is 3.29. The lowest BCUT2D eigenvalue weighted by molar-refractivity contribution is 0.394. The summed E-state index contributed by atoms with van der Waals surface area (Å²) in [5.41, 5.74) is 1.39. The van der Waals surface area contributed by atoms with Crippen LogP contribution in [0.1, 0.15) is 32.8 Å². The summed E-state index contributed by atoms with van der Waals surface area (Å²) in [6.45, 7) is 7.06. The molecule has 19 heavy (non-hydrogen) atoms. The Hall–Kier alpha value is -0.870. The molecule has 0 amide bonds. The standard InChI is InChI=1S/C15H25NO2S/c1-13(16-10-11-19(4,17)18)12-15(2,3)14-8-6-5-7-9-14/h5-9,13,16H,10-12H2,1-4H3. The quantitative estimate of drug-likeness (QED) is 0.835. The van der Waals surface area contributed by atoms with E-state index >= 15 is 0 Å². The van der Waals surface area contributed by atoms with Crippen LogP contribution in [0.3, 0.4) is 0 Å². The van der Waals surface area contributed by atoms with Gasteiger partial charge in [0.1, 0.15) is 9.84 Å². The monoisotopic (exact) mass is 283 g/mol. The van der Waals surface area contributed by atoms with Crippen LogP contribution in [-0.2, 0) is 15.3 Å². The number of nitrogens with one attached hydrogen (secondary N) is 1. The van der Waals surface area contributed by atoms with Gasteiger partial charge in [-0.1, -0.05) is 44.2 Å². The molecule has 4 heteroatoms. The van der Waals surface area contributed by atoms with Gasteiger partial charge >= 0.3 is 0 Å². The van der Waals surface area contributed by atoms with Crippen molar-refractivity contribution in [1.29, 1.82) is 0 Å². The van der Waals surface area contributed by atoms with E-state index in [0.29, 0.717) is 6.54 Å². The van der Waals surface area contributed by atoms with Crippen LogP contribution in [0.2, 0.25) is 0 Å². The van der Waals surface area contributed by atoms with Crippen LogP contribution >= 0.6 is 0 Å². The van der Waals surface area contributed by atoms with Crippen molar-refractivity contribution in [2.45, 2.75) is 38.6 Å². The summed E-state index contributed by atoms with van der Waals surface area (Å²) in [6.07, 6.45) is 2.24. The molecule has 0 aliphatic rings. The van der Waals surface area contributed by atoms with Gasteiger partial charge in [-0.25, -0.2) is 8.42 Å². The first-order valence-corrected chi connectivity index (χ1v) is 8.73. The van der Waals surface area contributed by atoms with E-state index in [2.05, 4.69) is 50.4 Å². The van der Waals surface area contributed by atoms with Crippen LogP contribution in [0.25, 0.3) is 0 Å². The second-order valence-electron chi connectivity index (χ2n) is 5.94. The van der Waals surface area contributed by atoms with Crippen LogP contribution in [0.15, 0.2) is 30.3 Å². The Kier molecular flexibility index (Phi) is 5.56. The van der Waals surface area contributed by atoms with Gasteiger partial charge in [0.2, 0.25) is 0 Å². The maximum Gasteiger partial charge on any atom is 0.148 e. The number of hydrogen-bond donors (Lipinski definition) is 1.